The summed E-state index contributed by atoms with van der Waals surface area (Å²) < 4.78 is 41.2. The molecule has 0 saturated carbocycles. The number of sulfonamides is 1. The number of nitrogens with two attached hydrogens (primary N) is 1. The molecule has 156 valence electrons. The SMILES string of the molecule is C=C(NN)c1ccc(CN(Cc2ccc(F)cc2)S(=O)(=O)c2ccc(Cl)cc2)cc1. The molecule has 0 aromatic heterocycles. The Bertz CT molecular complexity index is 1120. The molecule has 5 nitrogen and oxygen atoms in total. The van der Waals surface area contributed by atoms with Gasteiger partial charge in [-0.1, -0.05) is 54.6 Å². The quantitative estimate of drug-likeness (QED) is 0.400. The third-order valence-corrected chi connectivity index (χ3v) is 6.62. The Morgan fingerprint density at radius 2 is 1.43 bits per heavy atom. The van der Waals surface area contributed by atoms with Crippen molar-refractivity contribution in [2.24, 2.45) is 5.84 Å². The van der Waals surface area contributed by atoms with E-state index < -0.39 is 10.0 Å². The minimum Gasteiger partial charge on any atom is -0.324 e. The van der Waals surface area contributed by atoms with Crippen LogP contribution in [0.2, 0.25) is 5.02 Å². The summed E-state index contributed by atoms with van der Waals surface area (Å²) in [6.07, 6.45) is 0. The third kappa shape index (κ3) is 5.25. The molecule has 0 spiro atoms. The second-order valence-corrected chi connectivity index (χ2v) is 9.05. The van der Waals surface area contributed by atoms with Crippen molar-refractivity contribution in [3.8, 4) is 0 Å². The van der Waals surface area contributed by atoms with E-state index in [0.717, 1.165) is 11.1 Å². The molecule has 3 aromatic carbocycles. The van der Waals surface area contributed by atoms with Crippen LogP contribution in [-0.2, 0) is 23.1 Å². The molecule has 3 N–H and O–H groups in total. The van der Waals surface area contributed by atoms with Crippen molar-refractivity contribution in [3.05, 3.63) is 107 Å². The van der Waals surface area contributed by atoms with E-state index in [1.165, 1.54) is 40.7 Å². The number of hydrogen-bond donors (Lipinski definition) is 2. The molecule has 3 aromatic rings. The van der Waals surface area contributed by atoms with Crippen LogP contribution in [0.3, 0.4) is 0 Å². The van der Waals surface area contributed by atoms with Gasteiger partial charge in [0, 0.05) is 23.8 Å². The summed E-state index contributed by atoms with van der Waals surface area (Å²) in [5.74, 6) is 5.00. The number of benzene rings is 3. The van der Waals surface area contributed by atoms with Crippen LogP contribution in [0.15, 0.2) is 84.3 Å². The fraction of sp³-hybridized carbons (Fsp3) is 0.0909. The number of hydrazine groups is 1. The zero-order valence-corrected chi connectivity index (χ0v) is 17.6. The molecule has 0 aliphatic rings. The van der Waals surface area contributed by atoms with Crippen molar-refractivity contribution in [1.29, 1.82) is 0 Å². The van der Waals surface area contributed by atoms with Crippen LogP contribution in [0.4, 0.5) is 4.39 Å². The van der Waals surface area contributed by atoms with Crippen LogP contribution in [-0.4, -0.2) is 12.7 Å². The van der Waals surface area contributed by atoms with E-state index in [1.54, 1.807) is 12.1 Å². The molecule has 0 fully saturated rings. The largest absolute Gasteiger partial charge is 0.324 e. The first-order chi connectivity index (χ1) is 14.3. The van der Waals surface area contributed by atoms with Crippen LogP contribution < -0.4 is 11.3 Å². The topological polar surface area (TPSA) is 75.4 Å². The fourth-order valence-electron chi connectivity index (χ4n) is 2.87. The van der Waals surface area contributed by atoms with Crippen molar-refractivity contribution < 1.29 is 12.8 Å². The summed E-state index contributed by atoms with van der Waals surface area (Å²) in [6, 6.07) is 19.0. The van der Waals surface area contributed by atoms with E-state index in [0.29, 0.717) is 16.3 Å². The number of nitrogens with one attached hydrogen (secondary N) is 1. The van der Waals surface area contributed by atoms with E-state index in [9.17, 15) is 12.8 Å². The molecule has 0 atom stereocenters. The van der Waals surface area contributed by atoms with Gasteiger partial charge in [-0.25, -0.2) is 12.8 Å². The number of rotatable bonds is 8. The lowest BCUT2D eigenvalue weighted by atomic mass is 10.1. The molecule has 0 radical (unpaired) electrons. The normalized spacial score (nSPS) is 11.5. The lowest BCUT2D eigenvalue weighted by Crippen LogP contribution is -2.30. The van der Waals surface area contributed by atoms with Gasteiger partial charge in [0.1, 0.15) is 5.82 Å². The smallest absolute Gasteiger partial charge is 0.243 e. The third-order valence-electron chi connectivity index (χ3n) is 4.56. The highest BCUT2D eigenvalue weighted by Gasteiger charge is 2.25. The summed E-state index contributed by atoms with van der Waals surface area (Å²) in [5.41, 5.74) is 5.29. The predicted molar refractivity (Wildman–Crippen MR) is 117 cm³/mol. The maximum atomic E-state index is 13.3. The summed E-state index contributed by atoms with van der Waals surface area (Å²) in [6.45, 7) is 4.02. The molecule has 0 heterocycles. The number of hydrogen-bond acceptors (Lipinski definition) is 4. The van der Waals surface area contributed by atoms with E-state index in [4.69, 9.17) is 17.4 Å². The van der Waals surface area contributed by atoms with Gasteiger partial charge in [-0.15, -0.1) is 0 Å². The van der Waals surface area contributed by atoms with Crippen LogP contribution in [0.25, 0.3) is 5.70 Å². The van der Waals surface area contributed by atoms with E-state index >= 15 is 0 Å². The molecule has 0 aliphatic carbocycles. The van der Waals surface area contributed by atoms with Crippen molar-refractivity contribution in [1.82, 2.24) is 9.73 Å². The number of halogens is 2. The Labute approximate surface area is 180 Å². The minimum absolute atomic E-state index is 0.0874. The van der Waals surface area contributed by atoms with E-state index in [2.05, 4.69) is 12.0 Å². The Hall–Kier alpha value is -2.71. The summed E-state index contributed by atoms with van der Waals surface area (Å²) in [5, 5.41) is 0.448. The summed E-state index contributed by atoms with van der Waals surface area (Å²) in [4.78, 5) is 0.131. The van der Waals surface area contributed by atoms with E-state index in [-0.39, 0.29) is 23.8 Å². The Balaban J connectivity index is 1.93. The lowest BCUT2D eigenvalue weighted by molar-refractivity contribution is 0.401. The molecule has 0 aliphatic heterocycles. The second-order valence-electron chi connectivity index (χ2n) is 6.67. The molecular weight excluding hydrogens is 425 g/mol. The first-order valence-corrected chi connectivity index (χ1v) is 10.9. The Morgan fingerprint density at radius 1 is 0.933 bits per heavy atom. The van der Waals surface area contributed by atoms with Gasteiger partial charge in [0.05, 0.1) is 4.90 Å². The van der Waals surface area contributed by atoms with Gasteiger partial charge >= 0.3 is 0 Å². The molecule has 0 unspecified atom stereocenters. The van der Waals surface area contributed by atoms with Crippen molar-refractivity contribution in [3.63, 3.8) is 0 Å². The van der Waals surface area contributed by atoms with Gasteiger partial charge in [-0.05, 0) is 53.1 Å². The van der Waals surface area contributed by atoms with Crippen LogP contribution in [0, 0.1) is 5.82 Å². The van der Waals surface area contributed by atoms with Gasteiger partial charge in [0.25, 0.3) is 0 Å². The average Bonchev–Trinajstić information content (AvgIpc) is 2.75. The van der Waals surface area contributed by atoms with Gasteiger partial charge in [0.2, 0.25) is 10.0 Å². The molecule has 30 heavy (non-hydrogen) atoms. The highest BCUT2D eigenvalue weighted by atomic mass is 35.5. The van der Waals surface area contributed by atoms with Gasteiger partial charge in [0.15, 0.2) is 0 Å². The molecule has 0 amide bonds. The van der Waals surface area contributed by atoms with Gasteiger partial charge in [-0.3, -0.25) is 5.84 Å². The molecular formula is C22H21ClFN3O2S. The predicted octanol–water partition coefficient (Wildman–Crippen LogP) is 4.30. The van der Waals surface area contributed by atoms with Crippen LogP contribution in [0.1, 0.15) is 16.7 Å². The van der Waals surface area contributed by atoms with Gasteiger partial charge in [-0.2, -0.15) is 4.31 Å². The maximum Gasteiger partial charge on any atom is 0.243 e. The lowest BCUT2D eigenvalue weighted by Gasteiger charge is -2.23. The first kappa shape index (κ1) is 22.0. The summed E-state index contributed by atoms with van der Waals surface area (Å²) >= 11 is 5.90. The Kier molecular flexibility index (Phi) is 6.89. The Morgan fingerprint density at radius 3 is 1.93 bits per heavy atom. The fourth-order valence-corrected chi connectivity index (χ4v) is 4.42. The molecule has 3 rings (SSSR count). The minimum atomic E-state index is -3.82. The van der Waals surface area contributed by atoms with Crippen molar-refractivity contribution in [2.45, 2.75) is 18.0 Å². The summed E-state index contributed by atoms with van der Waals surface area (Å²) in [7, 11) is -3.82. The molecule has 0 saturated heterocycles. The zero-order chi connectivity index (χ0) is 21.7. The highest BCUT2D eigenvalue weighted by molar-refractivity contribution is 7.89. The second kappa shape index (κ2) is 9.40. The highest BCUT2D eigenvalue weighted by Crippen LogP contribution is 2.23. The average molecular weight is 446 g/mol. The standard InChI is InChI=1S/C22H21ClFN3O2S/c1-16(26-25)19-6-2-17(3-7-19)14-27(15-18-4-10-21(24)11-5-18)30(28,29)22-12-8-20(23)9-13-22/h2-13,26H,1,14-15,25H2. The monoisotopic (exact) mass is 445 g/mol. The van der Waals surface area contributed by atoms with Gasteiger partial charge < -0.3 is 5.43 Å². The number of nitrogens with zero attached hydrogens (tertiary/aromatic N) is 1. The molecule has 0 bridgehead atoms. The van der Waals surface area contributed by atoms with Crippen molar-refractivity contribution in [2.75, 3.05) is 0 Å². The van der Waals surface area contributed by atoms with Crippen LogP contribution in [0.5, 0.6) is 0 Å². The zero-order valence-electron chi connectivity index (χ0n) is 16.1. The van der Waals surface area contributed by atoms with Crippen LogP contribution >= 0.6 is 11.6 Å². The van der Waals surface area contributed by atoms with E-state index in [1.807, 2.05) is 24.3 Å². The van der Waals surface area contributed by atoms with Crippen molar-refractivity contribution >= 4 is 27.3 Å². The first-order valence-electron chi connectivity index (χ1n) is 9.04. The maximum absolute atomic E-state index is 13.3. The molecule has 8 heteroatoms.